The van der Waals surface area contributed by atoms with Crippen molar-refractivity contribution in [1.82, 2.24) is 9.38 Å². The Morgan fingerprint density at radius 1 is 1.60 bits per heavy atom. The fraction of sp³-hybridized carbons (Fsp3) is 0.200. The van der Waals surface area contributed by atoms with Gasteiger partial charge in [-0.1, -0.05) is 0 Å². The van der Waals surface area contributed by atoms with Crippen LogP contribution >= 0.6 is 0 Å². The molecule has 0 aliphatic heterocycles. The molecule has 1 N–H and O–H groups in total. The average Bonchev–Trinajstić information content (AvgIpc) is 2.60. The zero-order valence-corrected chi connectivity index (χ0v) is 8.17. The number of esters is 1. The number of aromatic nitrogens is 2. The van der Waals surface area contributed by atoms with Crippen molar-refractivity contribution in [1.29, 1.82) is 0 Å². The number of nitrogens with zero attached hydrogens (tertiary/aromatic N) is 2. The molecule has 2 aromatic rings. The van der Waals surface area contributed by atoms with Crippen molar-refractivity contribution in [2.45, 2.75) is 6.92 Å². The zero-order valence-electron chi connectivity index (χ0n) is 8.17. The monoisotopic (exact) mass is 206 g/mol. The molecule has 0 aromatic carbocycles. The van der Waals surface area contributed by atoms with E-state index in [0.29, 0.717) is 17.9 Å². The number of carbonyl (C=O) groups is 1. The van der Waals surface area contributed by atoms with Crippen molar-refractivity contribution in [2.75, 3.05) is 6.61 Å². The van der Waals surface area contributed by atoms with Crippen molar-refractivity contribution in [3.05, 3.63) is 30.2 Å². The lowest BCUT2D eigenvalue weighted by molar-refractivity contribution is 0.0518. The quantitative estimate of drug-likeness (QED) is 0.750. The van der Waals surface area contributed by atoms with Gasteiger partial charge < -0.3 is 9.84 Å². The van der Waals surface area contributed by atoms with Gasteiger partial charge in [-0.3, -0.25) is 4.40 Å². The molecule has 0 unspecified atom stereocenters. The summed E-state index contributed by atoms with van der Waals surface area (Å²) in [6.45, 7) is 2.06. The predicted octanol–water partition coefficient (Wildman–Crippen LogP) is 1.22. The first kappa shape index (κ1) is 9.51. The summed E-state index contributed by atoms with van der Waals surface area (Å²) in [4.78, 5) is 15.4. The van der Waals surface area contributed by atoms with Crippen LogP contribution < -0.4 is 0 Å². The van der Waals surface area contributed by atoms with E-state index in [9.17, 15) is 9.90 Å². The smallest absolute Gasteiger partial charge is 0.355 e. The van der Waals surface area contributed by atoms with Crippen molar-refractivity contribution >= 4 is 11.6 Å². The molecule has 0 radical (unpaired) electrons. The molecule has 0 fully saturated rings. The van der Waals surface area contributed by atoms with Gasteiger partial charge in [-0.05, 0) is 19.1 Å². The summed E-state index contributed by atoms with van der Waals surface area (Å²) in [6.07, 6.45) is 2.75. The van der Waals surface area contributed by atoms with E-state index in [1.165, 1.54) is 16.8 Å². The molecule has 2 aromatic heterocycles. The molecule has 2 heterocycles. The maximum absolute atomic E-state index is 11.5. The third kappa shape index (κ3) is 1.63. The Bertz CT molecular complexity index is 504. The minimum absolute atomic E-state index is 0.00393. The number of hydrogen-bond acceptors (Lipinski definition) is 4. The number of fused-ring (bicyclic) bond motifs is 1. The first-order valence-electron chi connectivity index (χ1n) is 4.55. The van der Waals surface area contributed by atoms with Crippen LogP contribution in [0.4, 0.5) is 0 Å². The molecule has 0 aliphatic rings. The third-order valence-electron chi connectivity index (χ3n) is 1.97. The Hall–Kier alpha value is -2.04. The van der Waals surface area contributed by atoms with E-state index in [1.807, 2.05) is 0 Å². The minimum atomic E-state index is -0.426. The normalized spacial score (nSPS) is 10.5. The lowest BCUT2D eigenvalue weighted by atomic mass is 10.4. The molecule has 0 saturated heterocycles. The topological polar surface area (TPSA) is 63.8 Å². The first-order chi connectivity index (χ1) is 7.22. The fourth-order valence-corrected chi connectivity index (χ4v) is 1.35. The van der Waals surface area contributed by atoms with Crippen LogP contribution in [0.1, 0.15) is 17.4 Å². The Morgan fingerprint density at radius 2 is 2.40 bits per heavy atom. The molecule has 0 aliphatic carbocycles. The Balaban J connectivity index is 2.52. The highest BCUT2D eigenvalue weighted by Gasteiger charge is 2.12. The molecule has 78 valence electrons. The van der Waals surface area contributed by atoms with Crippen molar-refractivity contribution < 1.29 is 14.6 Å². The van der Waals surface area contributed by atoms with Crippen molar-refractivity contribution in [3.8, 4) is 5.75 Å². The van der Waals surface area contributed by atoms with Crippen molar-refractivity contribution in [3.63, 3.8) is 0 Å². The molecular weight excluding hydrogens is 196 g/mol. The van der Waals surface area contributed by atoms with E-state index >= 15 is 0 Å². The molecule has 0 spiro atoms. The Labute approximate surface area is 85.9 Å². The summed E-state index contributed by atoms with van der Waals surface area (Å²) >= 11 is 0. The fourth-order valence-electron chi connectivity index (χ4n) is 1.35. The highest BCUT2D eigenvalue weighted by Crippen LogP contribution is 2.13. The maximum Gasteiger partial charge on any atom is 0.355 e. The van der Waals surface area contributed by atoms with Gasteiger partial charge in [-0.25, -0.2) is 9.78 Å². The molecule has 0 amide bonds. The third-order valence-corrected chi connectivity index (χ3v) is 1.97. The minimum Gasteiger partial charge on any atom is -0.505 e. The van der Waals surface area contributed by atoms with Gasteiger partial charge >= 0.3 is 5.97 Å². The Kier molecular flexibility index (Phi) is 2.29. The number of rotatable bonds is 2. The molecule has 0 bridgehead atoms. The van der Waals surface area contributed by atoms with Crippen LogP contribution in [0.15, 0.2) is 24.5 Å². The SMILES string of the molecule is CCOC(=O)c1ccc2ncc(O)cn12. The lowest BCUT2D eigenvalue weighted by Gasteiger charge is -2.02. The number of ether oxygens (including phenoxy) is 1. The highest BCUT2D eigenvalue weighted by molar-refractivity contribution is 5.89. The molecular formula is C10H10N2O3. The highest BCUT2D eigenvalue weighted by atomic mass is 16.5. The summed E-state index contributed by atoms with van der Waals surface area (Å²) in [6, 6.07) is 3.30. The second-order valence-electron chi connectivity index (χ2n) is 2.98. The molecule has 0 atom stereocenters. The molecule has 15 heavy (non-hydrogen) atoms. The van der Waals surface area contributed by atoms with Crippen LogP contribution in [0.3, 0.4) is 0 Å². The molecule has 5 nitrogen and oxygen atoms in total. The van der Waals surface area contributed by atoms with Gasteiger partial charge in [0, 0.05) is 0 Å². The summed E-state index contributed by atoms with van der Waals surface area (Å²) in [5.41, 5.74) is 0.950. The first-order valence-corrected chi connectivity index (χ1v) is 4.55. The van der Waals surface area contributed by atoms with Gasteiger partial charge in [0.15, 0.2) is 5.75 Å². The van der Waals surface area contributed by atoms with Gasteiger partial charge in [0.1, 0.15) is 11.3 Å². The van der Waals surface area contributed by atoms with Gasteiger partial charge in [0.05, 0.1) is 19.0 Å². The van der Waals surface area contributed by atoms with Crippen LogP contribution in [0.5, 0.6) is 5.75 Å². The summed E-state index contributed by atoms with van der Waals surface area (Å²) < 4.78 is 6.36. The zero-order chi connectivity index (χ0) is 10.8. The summed E-state index contributed by atoms with van der Waals surface area (Å²) in [5, 5.41) is 9.25. The van der Waals surface area contributed by atoms with Gasteiger partial charge in [0.2, 0.25) is 0 Å². The van der Waals surface area contributed by atoms with E-state index < -0.39 is 5.97 Å². The van der Waals surface area contributed by atoms with Crippen LogP contribution in [0.2, 0.25) is 0 Å². The van der Waals surface area contributed by atoms with Crippen molar-refractivity contribution in [2.24, 2.45) is 0 Å². The second-order valence-corrected chi connectivity index (χ2v) is 2.98. The van der Waals surface area contributed by atoms with Gasteiger partial charge in [0.25, 0.3) is 0 Å². The standard InChI is InChI=1S/C10H10N2O3/c1-2-15-10(14)8-3-4-9-11-5-7(13)6-12(8)9/h3-6,13H,2H2,1H3. The van der Waals surface area contributed by atoms with Gasteiger partial charge in [-0.15, -0.1) is 0 Å². The van der Waals surface area contributed by atoms with E-state index in [0.717, 1.165) is 0 Å². The van der Waals surface area contributed by atoms with Crippen LogP contribution in [0, 0.1) is 0 Å². The van der Waals surface area contributed by atoms with Crippen LogP contribution in [-0.4, -0.2) is 27.1 Å². The summed E-state index contributed by atoms with van der Waals surface area (Å²) in [5.74, 6) is -0.422. The van der Waals surface area contributed by atoms with Crippen LogP contribution in [0.25, 0.3) is 5.65 Å². The number of aromatic hydroxyl groups is 1. The van der Waals surface area contributed by atoms with Crippen LogP contribution in [-0.2, 0) is 4.74 Å². The number of carbonyl (C=O) groups excluding carboxylic acids is 1. The molecule has 2 rings (SSSR count). The van der Waals surface area contributed by atoms with E-state index in [2.05, 4.69) is 4.98 Å². The second kappa shape index (κ2) is 3.61. The largest absolute Gasteiger partial charge is 0.505 e. The molecule has 0 saturated carbocycles. The summed E-state index contributed by atoms with van der Waals surface area (Å²) in [7, 11) is 0. The van der Waals surface area contributed by atoms with E-state index in [4.69, 9.17) is 4.74 Å². The number of hydrogen-bond donors (Lipinski definition) is 1. The van der Waals surface area contributed by atoms with E-state index in [-0.39, 0.29) is 5.75 Å². The predicted molar refractivity (Wildman–Crippen MR) is 52.8 cm³/mol. The maximum atomic E-state index is 11.5. The lowest BCUT2D eigenvalue weighted by Crippen LogP contribution is -2.07. The van der Waals surface area contributed by atoms with Gasteiger partial charge in [-0.2, -0.15) is 0 Å². The Morgan fingerprint density at radius 3 is 3.13 bits per heavy atom. The molecule has 5 heteroatoms. The van der Waals surface area contributed by atoms with E-state index in [1.54, 1.807) is 19.1 Å². The average molecular weight is 206 g/mol.